The molecule has 0 aliphatic heterocycles. The summed E-state index contributed by atoms with van der Waals surface area (Å²) in [6, 6.07) is 6.12. The van der Waals surface area contributed by atoms with Crippen LogP contribution < -0.4 is 5.32 Å². The van der Waals surface area contributed by atoms with E-state index in [1.807, 2.05) is 23.0 Å². The van der Waals surface area contributed by atoms with Crippen molar-refractivity contribution in [2.75, 3.05) is 6.54 Å². The van der Waals surface area contributed by atoms with Crippen molar-refractivity contribution < 1.29 is 4.79 Å². The maximum atomic E-state index is 11.8. The number of hydrogen-bond donors (Lipinski definition) is 1. The molecule has 1 saturated carbocycles. The lowest BCUT2D eigenvalue weighted by Gasteiger charge is -2.09. The largest absolute Gasteiger partial charge is 0.354 e. The maximum Gasteiger partial charge on any atom is 0.220 e. The lowest BCUT2D eigenvalue weighted by Crippen LogP contribution is -2.27. The van der Waals surface area contributed by atoms with Gasteiger partial charge < -0.3 is 5.32 Å². The molecule has 3 rings (SSSR count). The van der Waals surface area contributed by atoms with Crippen molar-refractivity contribution in [3.8, 4) is 10.6 Å². The van der Waals surface area contributed by atoms with E-state index in [4.69, 9.17) is 0 Å². The summed E-state index contributed by atoms with van der Waals surface area (Å²) < 4.78 is 1.90. The first kappa shape index (κ1) is 15.3. The van der Waals surface area contributed by atoms with Crippen LogP contribution in [0.3, 0.4) is 0 Å². The number of carbonyl (C=O) groups is 1. The van der Waals surface area contributed by atoms with Gasteiger partial charge in [0.05, 0.1) is 11.4 Å². The summed E-state index contributed by atoms with van der Waals surface area (Å²) in [7, 11) is 0. The molecule has 2 heterocycles. The molecule has 1 fully saturated rings. The van der Waals surface area contributed by atoms with Crippen molar-refractivity contribution in [1.82, 2.24) is 15.1 Å². The average molecular weight is 317 g/mol. The fourth-order valence-electron chi connectivity index (χ4n) is 3.07. The molecule has 0 unspecified atom stereocenters. The number of nitrogens with zero attached hydrogens (tertiary/aromatic N) is 2. The van der Waals surface area contributed by atoms with Gasteiger partial charge in [0.15, 0.2) is 0 Å². The number of amides is 1. The van der Waals surface area contributed by atoms with E-state index in [2.05, 4.69) is 21.9 Å². The quantitative estimate of drug-likeness (QED) is 0.846. The number of nitrogens with one attached hydrogen (secondary N) is 1. The molecule has 0 bridgehead atoms. The van der Waals surface area contributed by atoms with E-state index < -0.39 is 0 Å². The van der Waals surface area contributed by atoms with Crippen LogP contribution in [0.1, 0.15) is 38.5 Å². The van der Waals surface area contributed by atoms with Crippen molar-refractivity contribution >= 4 is 17.2 Å². The molecular weight excluding hydrogens is 294 g/mol. The van der Waals surface area contributed by atoms with Crippen LogP contribution in [-0.4, -0.2) is 22.2 Å². The fourth-order valence-corrected chi connectivity index (χ4v) is 3.76. The highest BCUT2D eigenvalue weighted by atomic mass is 32.1. The van der Waals surface area contributed by atoms with E-state index in [1.165, 1.54) is 30.6 Å². The van der Waals surface area contributed by atoms with Crippen molar-refractivity contribution in [2.45, 2.75) is 45.1 Å². The molecule has 0 saturated heterocycles. The van der Waals surface area contributed by atoms with Crippen LogP contribution in [0.4, 0.5) is 0 Å². The predicted molar refractivity (Wildman–Crippen MR) is 89.7 cm³/mol. The Morgan fingerprint density at radius 1 is 1.36 bits per heavy atom. The Kier molecular flexibility index (Phi) is 5.27. The van der Waals surface area contributed by atoms with E-state index in [-0.39, 0.29) is 5.91 Å². The minimum atomic E-state index is 0.178. The normalized spacial score (nSPS) is 15.3. The Morgan fingerprint density at radius 2 is 2.23 bits per heavy atom. The van der Waals surface area contributed by atoms with Crippen LogP contribution in [0.5, 0.6) is 0 Å². The average Bonchev–Trinajstić information content (AvgIpc) is 3.26. The van der Waals surface area contributed by atoms with Gasteiger partial charge >= 0.3 is 0 Å². The third kappa shape index (κ3) is 4.19. The maximum absolute atomic E-state index is 11.8. The molecule has 1 N–H and O–H groups in total. The van der Waals surface area contributed by atoms with Crippen molar-refractivity contribution in [1.29, 1.82) is 0 Å². The molecule has 1 amide bonds. The second-order valence-electron chi connectivity index (χ2n) is 5.98. The van der Waals surface area contributed by atoms with Crippen LogP contribution in [0.15, 0.2) is 29.8 Å². The van der Waals surface area contributed by atoms with Crippen molar-refractivity contribution in [3.63, 3.8) is 0 Å². The molecule has 2 aromatic rings. The summed E-state index contributed by atoms with van der Waals surface area (Å²) in [6.45, 7) is 1.37. The molecule has 0 atom stereocenters. The van der Waals surface area contributed by atoms with Gasteiger partial charge in [0, 0.05) is 19.2 Å². The second kappa shape index (κ2) is 7.58. The molecular formula is C17H23N3OS. The Balaban J connectivity index is 1.36. The monoisotopic (exact) mass is 317 g/mol. The Morgan fingerprint density at radius 3 is 3.00 bits per heavy atom. The highest BCUT2D eigenvalue weighted by Crippen LogP contribution is 2.28. The highest BCUT2D eigenvalue weighted by Gasteiger charge is 2.15. The molecule has 1 aliphatic rings. The van der Waals surface area contributed by atoms with E-state index >= 15 is 0 Å². The summed E-state index contributed by atoms with van der Waals surface area (Å²) in [4.78, 5) is 13.0. The molecule has 1 aliphatic carbocycles. The third-order valence-electron chi connectivity index (χ3n) is 4.33. The zero-order valence-electron chi connectivity index (χ0n) is 12.8. The molecule has 0 spiro atoms. The van der Waals surface area contributed by atoms with Gasteiger partial charge in [-0.15, -0.1) is 11.3 Å². The lowest BCUT2D eigenvalue weighted by atomic mass is 10.0. The molecule has 0 aromatic carbocycles. The zero-order chi connectivity index (χ0) is 15.2. The van der Waals surface area contributed by atoms with Crippen LogP contribution in [0, 0.1) is 5.92 Å². The second-order valence-corrected chi connectivity index (χ2v) is 6.93. The van der Waals surface area contributed by atoms with E-state index in [0.29, 0.717) is 13.0 Å². The Hall–Kier alpha value is -1.62. The minimum absolute atomic E-state index is 0.178. The number of carbonyl (C=O) groups excluding carboxylic acids is 1. The van der Waals surface area contributed by atoms with Gasteiger partial charge in [0.2, 0.25) is 5.91 Å². The molecule has 22 heavy (non-hydrogen) atoms. The topological polar surface area (TPSA) is 46.9 Å². The summed E-state index contributed by atoms with van der Waals surface area (Å²) in [5.41, 5.74) is 1.00. The Bertz CT molecular complexity index is 585. The lowest BCUT2D eigenvalue weighted by molar-refractivity contribution is -0.121. The number of aromatic nitrogens is 2. The molecule has 5 heteroatoms. The smallest absolute Gasteiger partial charge is 0.220 e. The van der Waals surface area contributed by atoms with Gasteiger partial charge in [-0.2, -0.15) is 5.10 Å². The third-order valence-corrected chi connectivity index (χ3v) is 5.22. The van der Waals surface area contributed by atoms with Crippen molar-refractivity contribution in [2.24, 2.45) is 5.92 Å². The SMILES string of the molecule is O=C(CCC1CCCC1)NCCn1ccc(-c2cccs2)n1. The van der Waals surface area contributed by atoms with Gasteiger partial charge in [0.25, 0.3) is 0 Å². The number of rotatable bonds is 7. The Labute approximate surface area is 135 Å². The minimum Gasteiger partial charge on any atom is -0.354 e. The van der Waals surface area contributed by atoms with Gasteiger partial charge in [-0.05, 0) is 29.9 Å². The van der Waals surface area contributed by atoms with E-state index in [1.54, 1.807) is 11.3 Å². The molecule has 0 radical (unpaired) electrons. The van der Waals surface area contributed by atoms with Gasteiger partial charge in [0.1, 0.15) is 5.69 Å². The first-order chi connectivity index (χ1) is 10.8. The first-order valence-electron chi connectivity index (χ1n) is 8.15. The van der Waals surface area contributed by atoms with Crippen LogP contribution in [0.2, 0.25) is 0 Å². The molecule has 2 aromatic heterocycles. The highest BCUT2D eigenvalue weighted by molar-refractivity contribution is 7.13. The predicted octanol–water partition coefficient (Wildman–Crippen LogP) is 3.70. The molecule has 118 valence electrons. The first-order valence-corrected chi connectivity index (χ1v) is 9.03. The van der Waals surface area contributed by atoms with E-state index in [0.717, 1.165) is 24.6 Å². The summed E-state index contributed by atoms with van der Waals surface area (Å²) in [5.74, 6) is 0.961. The van der Waals surface area contributed by atoms with Crippen LogP contribution >= 0.6 is 11.3 Å². The standard InChI is InChI=1S/C17H23N3OS/c21-17(8-7-14-4-1-2-5-14)18-10-12-20-11-9-15(19-20)16-6-3-13-22-16/h3,6,9,11,13-14H,1-2,4-5,7-8,10,12H2,(H,18,21). The number of thiophene rings is 1. The van der Waals surface area contributed by atoms with Gasteiger partial charge in [-0.3, -0.25) is 9.48 Å². The summed E-state index contributed by atoms with van der Waals surface area (Å²) >= 11 is 1.69. The zero-order valence-corrected chi connectivity index (χ0v) is 13.6. The summed E-state index contributed by atoms with van der Waals surface area (Å²) in [5, 5.41) is 9.59. The van der Waals surface area contributed by atoms with Crippen LogP contribution in [-0.2, 0) is 11.3 Å². The van der Waals surface area contributed by atoms with Gasteiger partial charge in [-0.25, -0.2) is 0 Å². The molecule has 4 nitrogen and oxygen atoms in total. The van der Waals surface area contributed by atoms with E-state index in [9.17, 15) is 4.79 Å². The fraction of sp³-hybridized carbons (Fsp3) is 0.529. The summed E-state index contributed by atoms with van der Waals surface area (Å²) in [6.07, 6.45) is 9.01. The number of hydrogen-bond acceptors (Lipinski definition) is 3. The van der Waals surface area contributed by atoms with Gasteiger partial charge in [-0.1, -0.05) is 31.7 Å². The van der Waals surface area contributed by atoms with Crippen LogP contribution in [0.25, 0.3) is 10.6 Å². The van der Waals surface area contributed by atoms with Crippen molar-refractivity contribution in [3.05, 3.63) is 29.8 Å².